The minimum Gasteiger partial charge on any atom is -0.390 e. The lowest BCUT2D eigenvalue weighted by atomic mass is 9.48. The lowest BCUT2D eigenvalue weighted by molar-refractivity contribution is -0.166. The Kier molecular flexibility index (Phi) is 10.6. The maximum Gasteiger partial charge on any atom is 0.159 e. The summed E-state index contributed by atoms with van der Waals surface area (Å²) in [6, 6.07) is 0. The number of nitrogens with zero attached hydrogens (tertiary/aromatic N) is 6. The minimum atomic E-state index is -1.12. The van der Waals surface area contributed by atoms with E-state index in [4.69, 9.17) is 0 Å². The van der Waals surface area contributed by atoms with Crippen molar-refractivity contribution in [2.45, 2.75) is 216 Å². The molecule has 2 heterocycles. The molecular weight excluding hydrogens is 811 g/mol. The van der Waals surface area contributed by atoms with E-state index in [1.54, 1.807) is 9.48 Å². The number of rotatable bonds is 8. The summed E-state index contributed by atoms with van der Waals surface area (Å²) in [4.78, 5) is 28.4. The normalized spacial score (nSPS) is 48.1. The van der Waals surface area contributed by atoms with Gasteiger partial charge in [-0.1, -0.05) is 19.1 Å². The largest absolute Gasteiger partial charge is 0.390 e. The third-order valence-corrected chi connectivity index (χ3v) is 21.1. The average molecular weight is 887 g/mol. The standard InChI is InChI=1S/2C26H38FN3O2/c1-24(32)11-12-26(27)17(13-24)5-6-18-19-7-8-21(25(19,2)10-9-20(18)26)23(31)15-30-14-22(28-29-30)16-3-4-16;1-24(32)11-12-26(27)17(13-24)5-6-18-19-7-8-21(25(19,2)10-9-20(18)26)23(31)15-30-28-14-22(29-30)16-3-4-16/h2*14,16-21,32H,3-13,15H2,1-2H3/t2*17-,18+,19+,20?,21-,24-,25+,26-/m11/s1. The van der Waals surface area contributed by atoms with Crippen molar-refractivity contribution in [1.29, 1.82) is 0 Å². The fourth-order valence-electron chi connectivity index (χ4n) is 17.4. The summed E-state index contributed by atoms with van der Waals surface area (Å²) in [6.07, 6.45) is 23.5. The molecule has 0 amide bonds. The second-order valence-corrected chi connectivity index (χ2v) is 25.0. The Bertz CT molecular complexity index is 1970. The van der Waals surface area contributed by atoms with E-state index in [0.717, 1.165) is 88.4 Å². The van der Waals surface area contributed by atoms with Gasteiger partial charge < -0.3 is 10.2 Å². The number of hydrogen-bond acceptors (Lipinski definition) is 8. The van der Waals surface area contributed by atoms with E-state index in [1.165, 1.54) is 25.7 Å². The van der Waals surface area contributed by atoms with E-state index in [2.05, 4.69) is 34.4 Å². The zero-order valence-electron chi connectivity index (χ0n) is 39.2. The number of ketones is 2. The number of carbonyl (C=O) groups is 2. The van der Waals surface area contributed by atoms with E-state index in [0.29, 0.717) is 80.6 Å². The van der Waals surface area contributed by atoms with Crippen LogP contribution in [0.5, 0.6) is 0 Å². The van der Waals surface area contributed by atoms with Gasteiger partial charge in [-0.3, -0.25) is 9.59 Å². The lowest BCUT2D eigenvalue weighted by Crippen LogP contribution is -2.58. The molecule has 352 valence electrons. The Labute approximate surface area is 379 Å². The topological polar surface area (TPSA) is 136 Å². The Hall–Kier alpha value is -2.60. The number of halogens is 2. The summed E-state index contributed by atoms with van der Waals surface area (Å²) < 4.78 is 34.7. The van der Waals surface area contributed by atoms with Crippen molar-refractivity contribution in [3.8, 4) is 0 Å². The Morgan fingerprint density at radius 3 is 1.62 bits per heavy atom. The molecule has 2 aromatic rings. The molecule has 2 N–H and O–H groups in total. The first kappa shape index (κ1) is 43.9. The van der Waals surface area contributed by atoms with E-state index < -0.39 is 22.5 Å². The smallest absolute Gasteiger partial charge is 0.159 e. The molecule has 16 atom stereocenters. The van der Waals surface area contributed by atoms with Gasteiger partial charge >= 0.3 is 0 Å². The Balaban J connectivity index is 0.000000143. The SMILES string of the molecule is C[C@@]1(O)CC[C@]2(F)C3CC[C@]4(C)[C@@H](C(=O)Cn5cc(C6CC6)nn5)CC[C@H]4[C@@H]3CC[C@@H]2C1.C[C@@]1(O)CC[C@]2(F)C3CC[C@]4(C)[C@@H](C(=O)Cn5ncc(C6CC6)n5)CC[C@H]4[C@@H]3CC[C@@H]2C1. The van der Waals surface area contributed by atoms with Crippen LogP contribution in [0.1, 0.15) is 192 Å². The van der Waals surface area contributed by atoms with Crippen LogP contribution in [-0.2, 0) is 22.7 Å². The van der Waals surface area contributed by atoms with Crippen LogP contribution in [0.2, 0.25) is 0 Å². The van der Waals surface area contributed by atoms with E-state index in [-0.39, 0.29) is 64.4 Å². The lowest BCUT2D eigenvalue weighted by Gasteiger charge is -2.59. The van der Waals surface area contributed by atoms with Crippen molar-refractivity contribution in [3.05, 3.63) is 23.8 Å². The van der Waals surface area contributed by atoms with E-state index in [1.807, 2.05) is 26.2 Å². The number of carbonyl (C=O) groups excluding carboxylic acids is 2. The van der Waals surface area contributed by atoms with Crippen molar-refractivity contribution in [2.75, 3.05) is 0 Å². The molecule has 0 spiro atoms. The summed E-state index contributed by atoms with van der Waals surface area (Å²) in [7, 11) is 0. The number of Topliss-reactive ketones (excluding diaryl/α,β-unsaturated/α-hetero) is 2. The minimum absolute atomic E-state index is 0.00208. The highest BCUT2D eigenvalue weighted by atomic mass is 19.1. The molecule has 10 aliphatic carbocycles. The summed E-state index contributed by atoms with van der Waals surface area (Å²) in [5, 5.41) is 38.5. The van der Waals surface area contributed by atoms with Crippen LogP contribution in [0.4, 0.5) is 8.78 Å². The van der Waals surface area contributed by atoms with Crippen molar-refractivity contribution < 1.29 is 28.6 Å². The first-order valence-electron chi connectivity index (χ1n) is 26.1. The Morgan fingerprint density at radius 1 is 0.609 bits per heavy atom. The molecule has 10 fully saturated rings. The number of aromatic nitrogens is 6. The molecule has 10 saturated carbocycles. The van der Waals surface area contributed by atoms with Crippen LogP contribution in [0.15, 0.2) is 12.4 Å². The molecule has 2 aromatic heterocycles. The third kappa shape index (κ3) is 7.41. The number of hydrogen-bond donors (Lipinski definition) is 2. The summed E-state index contributed by atoms with van der Waals surface area (Å²) in [5.41, 5.74) is -1.62. The van der Waals surface area contributed by atoms with Gasteiger partial charge in [-0.2, -0.15) is 15.0 Å². The predicted molar refractivity (Wildman–Crippen MR) is 237 cm³/mol. The van der Waals surface area contributed by atoms with Crippen molar-refractivity contribution in [2.24, 2.45) is 70.0 Å². The second-order valence-electron chi connectivity index (χ2n) is 25.0. The van der Waals surface area contributed by atoms with Crippen molar-refractivity contribution >= 4 is 11.6 Å². The fraction of sp³-hybridized carbons (Fsp3) is 0.885. The first-order chi connectivity index (χ1) is 30.4. The van der Waals surface area contributed by atoms with Gasteiger partial charge in [0.15, 0.2) is 11.6 Å². The first-order valence-corrected chi connectivity index (χ1v) is 26.1. The van der Waals surface area contributed by atoms with Gasteiger partial charge in [-0.25, -0.2) is 13.5 Å². The zero-order valence-corrected chi connectivity index (χ0v) is 39.2. The predicted octanol–water partition coefficient (Wildman–Crippen LogP) is 9.67. The molecule has 64 heavy (non-hydrogen) atoms. The summed E-state index contributed by atoms with van der Waals surface area (Å²) in [6.45, 7) is 9.00. The highest BCUT2D eigenvalue weighted by molar-refractivity contribution is 5.82. The van der Waals surface area contributed by atoms with Gasteiger partial charge in [-0.15, -0.1) is 5.10 Å². The molecule has 10 nitrogen and oxygen atoms in total. The summed E-state index contributed by atoms with van der Waals surface area (Å²) >= 11 is 0. The van der Waals surface area contributed by atoms with Crippen LogP contribution in [0.25, 0.3) is 0 Å². The highest BCUT2D eigenvalue weighted by Gasteiger charge is 2.65. The molecule has 0 radical (unpaired) electrons. The van der Waals surface area contributed by atoms with Gasteiger partial charge in [0.05, 0.1) is 28.8 Å². The van der Waals surface area contributed by atoms with E-state index in [9.17, 15) is 19.8 Å². The van der Waals surface area contributed by atoms with Crippen LogP contribution < -0.4 is 0 Å². The molecule has 0 bridgehead atoms. The van der Waals surface area contributed by atoms with Crippen LogP contribution in [0, 0.1) is 70.0 Å². The maximum absolute atomic E-state index is 16.5. The number of alkyl halides is 2. The van der Waals surface area contributed by atoms with Crippen molar-refractivity contribution in [3.63, 3.8) is 0 Å². The fourth-order valence-corrected chi connectivity index (χ4v) is 17.4. The van der Waals surface area contributed by atoms with Gasteiger partial charge in [0.1, 0.15) is 24.4 Å². The molecular formula is C52H76F2N6O4. The Morgan fingerprint density at radius 2 is 1.11 bits per heavy atom. The molecule has 10 aliphatic rings. The van der Waals surface area contributed by atoms with Gasteiger partial charge in [0, 0.05) is 29.9 Å². The third-order valence-electron chi connectivity index (χ3n) is 21.1. The monoisotopic (exact) mass is 887 g/mol. The van der Waals surface area contributed by atoms with Crippen molar-refractivity contribution in [1.82, 2.24) is 30.0 Å². The van der Waals surface area contributed by atoms with Crippen LogP contribution in [-0.4, -0.2) is 74.3 Å². The maximum atomic E-state index is 16.5. The number of aliphatic hydroxyl groups is 2. The van der Waals surface area contributed by atoms with Gasteiger partial charge in [0.2, 0.25) is 0 Å². The molecule has 12 rings (SSSR count). The second kappa shape index (κ2) is 15.5. The average Bonchev–Trinajstić information content (AvgIpc) is 4.11. The highest BCUT2D eigenvalue weighted by Crippen LogP contribution is 2.68. The molecule has 12 heteroatoms. The van der Waals surface area contributed by atoms with Crippen LogP contribution in [0.3, 0.4) is 0 Å². The molecule has 0 aromatic carbocycles. The summed E-state index contributed by atoms with van der Waals surface area (Å²) in [5.74, 6) is 3.66. The van der Waals surface area contributed by atoms with Crippen LogP contribution >= 0.6 is 0 Å². The molecule has 0 aliphatic heterocycles. The van der Waals surface area contributed by atoms with Gasteiger partial charge in [-0.05, 0) is 213 Å². The molecule has 0 saturated heterocycles. The zero-order chi connectivity index (χ0) is 44.6. The molecule has 2 unspecified atom stereocenters. The number of fused-ring (bicyclic) bond motifs is 10. The van der Waals surface area contributed by atoms with E-state index >= 15 is 8.78 Å². The van der Waals surface area contributed by atoms with Gasteiger partial charge in [0.25, 0.3) is 0 Å². The quantitative estimate of drug-likeness (QED) is 0.268.